The summed E-state index contributed by atoms with van der Waals surface area (Å²) >= 11 is 3.02. The lowest BCUT2D eigenvalue weighted by molar-refractivity contribution is -0.132. The van der Waals surface area contributed by atoms with Crippen molar-refractivity contribution in [3.05, 3.63) is 34.9 Å². The molecule has 0 radical (unpaired) electrons. The lowest BCUT2D eigenvalue weighted by atomic mass is 9.68. The molecule has 1 aromatic rings. The Morgan fingerprint density at radius 2 is 1.73 bits per heavy atom. The molecule has 1 N–H and O–H groups in total. The van der Waals surface area contributed by atoms with E-state index in [2.05, 4.69) is 15.9 Å². The van der Waals surface area contributed by atoms with Crippen molar-refractivity contribution < 1.29 is 32.3 Å². The minimum Gasteiger partial charge on any atom is -0.465 e. The van der Waals surface area contributed by atoms with Crippen LogP contribution in [0.1, 0.15) is 38.7 Å². The highest BCUT2D eigenvalue weighted by atomic mass is 79.9. The second-order valence-corrected chi connectivity index (χ2v) is 7.90. The van der Waals surface area contributed by atoms with Gasteiger partial charge >= 0.3 is 6.09 Å². The van der Waals surface area contributed by atoms with Crippen molar-refractivity contribution in [3.63, 3.8) is 0 Å². The number of carboxylic acid groups (broad SMARTS) is 1. The molecule has 1 fully saturated rings. The number of halogens is 5. The van der Waals surface area contributed by atoms with Gasteiger partial charge in [-0.25, -0.2) is 22.4 Å². The van der Waals surface area contributed by atoms with Gasteiger partial charge in [0.2, 0.25) is 0 Å². The van der Waals surface area contributed by atoms with E-state index < -0.39 is 64.1 Å². The van der Waals surface area contributed by atoms with Gasteiger partial charge in [0.05, 0.1) is 5.33 Å². The Morgan fingerprint density at radius 3 is 2.12 bits per heavy atom. The van der Waals surface area contributed by atoms with Crippen LogP contribution in [0.5, 0.6) is 0 Å². The van der Waals surface area contributed by atoms with Crippen molar-refractivity contribution in [2.45, 2.75) is 38.6 Å². The second kappa shape index (κ2) is 6.83. The molecule has 1 unspecified atom stereocenters. The quantitative estimate of drug-likeness (QED) is 0.429. The molecular weight excluding hydrogens is 422 g/mol. The molecule has 0 aromatic heterocycles. The molecular formula is C17H18BrF4NO3. The van der Waals surface area contributed by atoms with E-state index in [1.54, 1.807) is 20.8 Å². The number of nitrogens with zero attached hydrogens (tertiary/aromatic N) is 1. The van der Waals surface area contributed by atoms with Crippen molar-refractivity contribution in [1.29, 1.82) is 0 Å². The van der Waals surface area contributed by atoms with E-state index in [4.69, 9.17) is 0 Å². The van der Waals surface area contributed by atoms with Crippen molar-refractivity contribution in [2.24, 2.45) is 5.41 Å². The van der Waals surface area contributed by atoms with E-state index in [1.165, 1.54) is 0 Å². The van der Waals surface area contributed by atoms with Crippen LogP contribution in [0.2, 0.25) is 0 Å². The zero-order valence-corrected chi connectivity index (χ0v) is 16.0. The van der Waals surface area contributed by atoms with Crippen LogP contribution in [0, 0.1) is 28.7 Å². The Morgan fingerprint density at radius 1 is 1.23 bits per heavy atom. The van der Waals surface area contributed by atoms with Crippen molar-refractivity contribution in [3.8, 4) is 0 Å². The molecule has 0 bridgehead atoms. The zero-order chi connectivity index (χ0) is 20.0. The summed E-state index contributed by atoms with van der Waals surface area (Å²) in [4.78, 5) is 25.3. The molecule has 1 aliphatic rings. The number of alkyl halides is 1. The highest BCUT2D eigenvalue weighted by molar-refractivity contribution is 9.09. The number of ketones is 1. The number of carbonyl (C=O) groups excluding carboxylic acids is 1. The van der Waals surface area contributed by atoms with Gasteiger partial charge in [-0.2, -0.15) is 0 Å². The predicted octanol–water partition coefficient (Wildman–Crippen LogP) is 4.46. The average Bonchev–Trinajstić information content (AvgIpc) is 2.94. The first-order chi connectivity index (χ1) is 11.9. The molecule has 1 aliphatic heterocycles. The van der Waals surface area contributed by atoms with Crippen molar-refractivity contribution >= 4 is 27.8 Å². The van der Waals surface area contributed by atoms with Crippen LogP contribution in [0.25, 0.3) is 0 Å². The predicted molar refractivity (Wildman–Crippen MR) is 89.3 cm³/mol. The number of likely N-dealkylation sites (tertiary alicyclic amines) is 1. The Hall–Kier alpha value is -1.64. The first kappa shape index (κ1) is 20.7. The summed E-state index contributed by atoms with van der Waals surface area (Å²) in [6.07, 6.45) is -1.74. The number of hydrogen-bond acceptors (Lipinski definition) is 2. The maximum atomic E-state index is 14.2. The summed E-state index contributed by atoms with van der Waals surface area (Å²) in [5.41, 5.74) is -3.40. The monoisotopic (exact) mass is 439 g/mol. The molecule has 0 spiro atoms. The molecule has 144 valence electrons. The molecule has 0 saturated carbocycles. The molecule has 4 nitrogen and oxygen atoms in total. The first-order valence-corrected chi connectivity index (χ1v) is 8.93. The molecule has 2 rings (SSSR count). The normalized spacial score (nSPS) is 23.4. The number of carbonyl (C=O) groups is 2. The van der Waals surface area contributed by atoms with E-state index in [9.17, 15) is 32.3 Å². The van der Waals surface area contributed by atoms with Gasteiger partial charge in [0, 0.05) is 24.1 Å². The van der Waals surface area contributed by atoms with Gasteiger partial charge in [0.25, 0.3) is 0 Å². The van der Waals surface area contributed by atoms with Gasteiger partial charge in [-0.05, 0) is 11.8 Å². The van der Waals surface area contributed by atoms with E-state index in [-0.39, 0.29) is 17.8 Å². The maximum Gasteiger partial charge on any atom is 0.408 e. The Labute approximate surface area is 156 Å². The van der Waals surface area contributed by atoms with Crippen molar-refractivity contribution in [1.82, 2.24) is 4.90 Å². The second-order valence-electron chi connectivity index (χ2n) is 7.34. The van der Waals surface area contributed by atoms with Crippen molar-refractivity contribution in [2.75, 3.05) is 11.9 Å². The average molecular weight is 440 g/mol. The Bertz CT molecular complexity index is 739. The van der Waals surface area contributed by atoms with Crippen LogP contribution in [0.15, 0.2) is 6.07 Å². The third-order valence-corrected chi connectivity index (χ3v) is 5.52. The van der Waals surface area contributed by atoms with E-state index in [0.717, 1.165) is 4.90 Å². The molecule has 0 aliphatic carbocycles. The molecule has 1 amide bonds. The van der Waals surface area contributed by atoms with E-state index >= 15 is 0 Å². The molecule has 1 aromatic carbocycles. The van der Waals surface area contributed by atoms with Crippen LogP contribution in [0.4, 0.5) is 22.4 Å². The molecule has 1 saturated heterocycles. The maximum absolute atomic E-state index is 14.2. The summed E-state index contributed by atoms with van der Waals surface area (Å²) in [7, 11) is 0. The molecule has 26 heavy (non-hydrogen) atoms. The summed E-state index contributed by atoms with van der Waals surface area (Å²) in [5.74, 6) is -7.99. The Balaban J connectivity index is 2.68. The fourth-order valence-electron chi connectivity index (χ4n) is 3.80. The number of Topliss-reactive ketones (excluding diaryl/α,β-unsaturated/α-hetero) is 1. The van der Waals surface area contributed by atoms with Crippen LogP contribution in [0.3, 0.4) is 0 Å². The SMILES string of the molecule is CC(C)(C)C1(C(=O)CBr)C[C@H](c2c(F)c(F)cc(F)c2F)CN1C(=O)O. The summed E-state index contributed by atoms with van der Waals surface area (Å²) in [5, 5.41) is 9.41. The number of hydrogen-bond donors (Lipinski definition) is 1. The van der Waals surface area contributed by atoms with Gasteiger partial charge in [-0.3, -0.25) is 9.69 Å². The summed E-state index contributed by atoms with van der Waals surface area (Å²) < 4.78 is 55.6. The van der Waals surface area contributed by atoms with Crippen LogP contribution in [-0.2, 0) is 4.79 Å². The zero-order valence-electron chi connectivity index (χ0n) is 14.4. The molecule has 9 heteroatoms. The molecule has 2 atom stereocenters. The van der Waals surface area contributed by atoms with Gasteiger partial charge in [0.1, 0.15) is 5.54 Å². The van der Waals surface area contributed by atoms with Crippen LogP contribution < -0.4 is 0 Å². The Kier molecular flexibility index (Phi) is 5.43. The number of benzene rings is 1. The smallest absolute Gasteiger partial charge is 0.408 e. The summed E-state index contributed by atoms with van der Waals surface area (Å²) in [6, 6.07) is 0.0960. The lowest BCUT2D eigenvalue weighted by Gasteiger charge is -2.45. The topological polar surface area (TPSA) is 57.6 Å². The highest BCUT2D eigenvalue weighted by Gasteiger charge is 2.60. The van der Waals surface area contributed by atoms with Gasteiger partial charge in [0.15, 0.2) is 29.1 Å². The minimum absolute atomic E-state index is 0.0960. The lowest BCUT2D eigenvalue weighted by Crippen LogP contribution is -2.61. The van der Waals surface area contributed by atoms with E-state index in [1.807, 2.05) is 0 Å². The molecule has 1 heterocycles. The largest absolute Gasteiger partial charge is 0.465 e. The number of amides is 1. The van der Waals surface area contributed by atoms with Crippen LogP contribution >= 0.6 is 15.9 Å². The fourth-order valence-corrected chi connectivity index (χ4v) is 4.26. The van der Waals surface area contributed by atoms with Gasteiger partial charge < -0.3 is 5.11 Å². The van der Waals surface area contributed by atoms with Gasteiger partial charge in [-0.1, -0.05) is 36.7 Å². The third kappa shape index (κ3) is 3.00. The van der Waals surface area contributed by atoms with Crippen LogP contribution in [-0.4, -0.2) is 39.3 Å². The van der Waals surface area contributed by atoms with Gasteiger partial charge in [-0.15, -0.1) is 0 Å². The highest BCUT2D eigenvalue weighted by Crippen LogP contribution is 2.50. The fraction of sp³-hybridized carbons (Fsp3) is 0.529. The minimum atomic E-state index is -1.60. The number of rotatable bonds is 3. The first-order valence-electron chi connectivity index (χ1n) is 7.81. The summed E-state index contributed by atoms with van der Waals surface area (Å²) in [6.45, 7) is 4.43. The standard InChI is InChI=1S/C17H18BrF4NO3/c1-16(2,3)17(11(24)6-18)5-8(7-23(17)15(25)26)12-13(21)9(19)4-10(20)14(12)22/h4,8H,5-7H2,1-3H3,(H,25,26)/t8-,17?/m0/s1. The third-order valence-electron chi connectivity index (χ3n) is 5.01. The van der Waals surface area contributed by atoms with E-state index in [0.29, 0.717) is 0 Å².